The van der Waals surface area contributed by atoms with Crippen molar-refractivity contribution in [3.05, 3.63) is 17.0 Å². The van der Waals surface area contributed by atoms with Crippen LogP contribution in [0.1, 0.15) is 43.1 Å². The molecule has 84 valence electrons. The van der Waals surface area contributed by atoms with Crippen molar-refractivity contribution in [1.29, 1.82) is 0 Å². The lowest BCUT2D eigenvalue weighted by Gasteiger charge is -2.14. The fourth-order valence-electron chi connectivity index (χ4n) is 2.82. The zero-order chi connectivity index (χ0) is 11.1. The van der Waals surface area contributed by atoms with Gasteiger partial charge in [-0.3, -0.25) is 4.68 Å². The number of aromatic nitrogens is 2. The second kappa shape index (κ2) is 3.63. The molecule has 3 heteroatoms. The summed E-state index contributed by atoms with van der Waals surface area (Å²) in [6, 6.07) is 0. The molecular formula is C12H21N3. The predicted octanol–water partition coefficient (Wildman–Crippen LogP) is 1.90. The predicted molar refractivity (Wildman–Crippen MR) is 62.0 cm³/mol. The Morgan fingerprint density at radius 3 is 2.47 bits per heavy atom. The summed E-state index contributed by atoms with van der Waals surface area (Å²) >= 11 is 0. The van der Waals surface area contributed by atoms with Gasteiger partial charge in [-0.05, 0) is 46.6 Å². The molecule has 0 aromatic carbocycles. The fraction of sp³-hybridized carbons (Fsp3) is 0.750. The number of hydrogen-bond donors (Lipinski definition) is 1. The van der Waals surface area contributed by atoms with Crippen molar-refractivity contribution in [2.45, 2.75) is 52.0 Å². The van der Waals surface area contributed by atoms with Gasteiger partial charge in [0.05, 0.1) is 5.69 Å². The summed E-state index contributed by atoms with van der Waals surface area (Å²) in [5, 5.41) is 4.59. The van der Waals surface area contributed by atoms with E-state index in [1.807, 2.05) is 0 Å². The maximum atomic E-state index is 5.70. The first-order valence-electron chi connectivity index (χ1n) is 5.89. The van der Waals surface area contributed by atoms with Crippen molar-refractivity contribution in [2.75, 3.05) is 6.54 Å². The molecule has 1 heterocycles. The third-order valence-corrected chi connectivity index (χ3v) is 3.69. The van der Waals surface area contributed by atoms with Gasteiger partial charge in [0.15, 0.2) is 0 Å². The Morgan fingerprint density at radius 2 is 2.07 bits per heavy atom. The maximum Gasteiger partial charge on any atom is 0.0634 e. The molecular weight excluding hydrogens is 186 g/mol. The van der Waals surface area contributed by atoms with Crippen LogP contribution in [0, 0.1) is 13.8 Å². The monoisotopic (exact) mass is 207 g/mol. The van der Waals surface area contributed by atoms with Crippen LogP contribution in [0.4, 0.5) is 0 Å². The van der Waals surface area contributed by atoms with Crippen LogP contribution in [0.25, 0.3) is 0 Å². The summed E-state index contributed by atoms with van der Waals surface area (Å²) in [6.07, 6.45) is 3.70. The number of rotatable bonds is 4. The fourth-order valence-corrected chi connectivity index (χ4v) is 2.82. The molecule has 0 unspecified atom stereocenters. The van der Waals surface area contributed by atoms with E-state index < -0.39 is 0 Å². The van der Waals surface area contributed by atoms with Crippen LogP contribution in [0.2, 0.25) is 0 Å². The van der Waals surface area contributed by atoms with Gasteiger partial charge < -0.3 is 5.73 Å². The summed E-state index contributed by atoms with van der Waals surface area (Å²) in [5.74, 6) is 0. The van der Waals surface area contributed by atoms with E-state index in [0.29, 0.717) is 5.41 Å². The van der Waals surface area contributed by atoms with Crippen LogP contribution in [-0.4, -0.2) is 16.3 Å². The first kappa shape index (κ1) is 10.7. The van der Waals surface area contributed by atoms with Crippen molar-refractivity contribution in [3.63, 3.8) is 0 Å². The highest BCUT2D eigenvalue weighted by molar-refractivity contribution is 5.38. The van der Waals surface area contributed by atoms with E-state index >= 15 is 0 Å². The van der Waals surface area contributed by atoms with Gasteiger partial charge in [-0.25, -0.2) is 0 Å². The van der Waals surface area contributed by atoms with Crippen molar-refractivity contribution >= 4 is 0 Å². The number of nitrogens with zero attached hydrogens (tertiary/aromatic N) is 2. The number of nitrogens with two attached hydrogens (primary N) is 1. The molecule has 0 spiro atoms. The first-order valence-corrected chi connectivity index (χ1v) is 5.89. The van der Waals surface area contributed by atoms with Crippen LogP contribution in [-0.2, 0) is 12.0 Å². The Morgan fingerprint density at radius 1 is 1.40 bits per heavy atom. The van der Waals surface area contributed by atoms with Crippen molar-refractivity contribution in [1.82, 2.24) is 9.78 Å². The van der Waals surface area contributed by atoms with E-state index in [1.54, 1.807) is 0 Å². The quantitative estimate of drug-likeness (QED) is 0.819. The third kappa shape index (κ3) is 1.59. The van der Waals surface area contributed by atoms with Gasteiger partial charge in [-0.1, -0.05) is 0 Å². The molecule has 2 rings (SSSR count). The summed E-state index contributed by atoms with van der Waals surface area (Å²) in [6.45, 7) is 8.22. The molecule has 2 N–H and O–H groups in total. The zero-order valence-electron chi connectivity index (χ0n) is 10.0. The van der Waals surface area contributed by atoms with Crippen LogP contribution in [0.15, 0.2) is 0 Å². The van der Waals surface area contributed by atoms with Gasteiger partial charge >= 0.3 is 0 Å². The van der Waals surface area contributed by atoms with Crippen LogP contribution in [0.5, 0.6) is 0 Å². The lowest BCUT2D eigenvalue weighted by atomic mass is 9.91. The molecule has 3 nitrogen and oxygen atoms in total. The highest BCUT2D eigenvalue weighted by atomic mass is 15.3. The molecule has 1 aliphatic rings. The second-order valence-corrected chi connectivity index (χ2v) is 4.68. The topological polar surface area (TPSA) is 43.8 Å². The van der Waals surface area contributed by atoms with Crippen LogP contribution in [0.3, 0.4) is 0 Å². The van der Waals surface area contributed by atoms with E-state index in [2.05, 4.69) is 30.6 Å². The highest BCUT2D eigenvalue weighted by Gasteiger charge is 2.46. The van der Waals surface area contributed by atoms with E-state index in [0.717, 1.165) is 19.5 Å². The Kier molecular flexibility index (Phi) is 2.59. The molecule has 1 aliphatic carbocycles. The first-order chi connectivity index (χ1) is 7.14. The normalized spacial score (nSPS) is 18.1. The van der Waals surface area contributed by atoms with Gasteiger partial charge in [-0.2, -0.15) is 5.10 Å². The van der Waals surface area contributed by atoms with Crippen LogP contribution < -0.4 is 5.73 Å². The summed E-state index contributed by atoms with van der Waals surface area (Å²) in [7, 11) is 0. The summed E-state index contributed by atoms with van der Waals surface area (Å²) in [4.78, 5) is 0. The highest BCUT2D eigenvalue weighted by Crippen LogP contribution is 2.52. The minimum atomic E-state index is 0.385. The number of hydrogen-bond acceptors (Lipinski definition) is 2. The van der Waals surface area contributed by atoms with Crippen molar-refractivity contribution in [3.8, 4) is 0 Å². The molecule has 1 saturated carbocycles. The molecule has 0 saturated heterocycles. The van der Waals surface area contributed by atoms with E-state index in [4.69, 9.17) is 5.73 Å². The Labute approximate surface area is 91.7 Å². The minimum Gasteiger partial charge on any atom is -0.330 e. The molecule has 1 aromatic rings. The minimum absolute atomic E-state index is 0.385. The lowest BCUT2D eigenvalue weighted by molar-refractivity contribution is 0.609. The van der Waals surface area contributed by atoms with Gasteiger partial charge in [0, 0.05) is 23.2 Å². The van der Waals surface area contributed by atoms with Gasteiger partial charge in [0.1, 0.15) is 0 Å². The Balaban J connectivity index is 2.39. The second-order valence-electron chi connectivity index (χ2n) is 4.68. The van der Waals surface area contributed by atoms with E-state index in [9.17, 15) is 0 Å². The molecule has 15 heavy (non-hydrogen) atoms. The molecule has 0 bridgehead atoms. The van der Waals surface area contributed by atoms with Crippen LogP contribution >= 0.6 is 0 Å². The van der Waals surface area contributed by atoms with Gasteiger partial charge in [0.25, 0.3) is 0 Å². The summed E-state index contributed by atoms with van der Waals surface area (Å²) < 4.78 is 2.11. The SMILES string of the molecule is CCn1nc(C)c(C2(CCN)CC2)c1C. The van der Waals surface area contributed by atoms with E-state index in [1.165, 1.54) is 29.8 Å². The third-order valence-electron chi connectivity index (χ3n) is 3.69. The van der Waals surface area contributed by atoms with E-state index in [-0.39, 0.29) is 0 Å². The molecule has 0 atom stereocenters. The van der Waals surface area contributed by atoms with Gasteiger partial charge in [-0.15, -0.1) is 0 Å². The lowest BCUT2D eigenvalue weighted by Crippen LogP contribution is -2.15. The average Bonchev–Trinajstić information content (AvgIpc) is 2.89. The molecule has 0 amide bonds. The Bertz CT molecular complexity index is 361. The molecule has 1 aromatic heterocycles. The largest absolute Gasteiger partial charge is 0.330 e. The van der Waals surface area contributed by atoms with Gasteiger partial charge in [0.2, 0.25) is 0 Å². The Hall–Kier alpha value is -0.830. The summed E-state index contributed by atoms with van der Waals surface area (Å²) in [5.41, 5.74) is 10.1. The van der Waals surface area contributed by atoms with Crippen molar-refractivity contribution < 1.29 is 0 Å². The average molecular weight is 207 g/mol. The standard InChI is InChI=1S/C12H21N3/c1-4-15-10(3)11(9(2)14-15)12(5-6-12)7-8-13/h4-8,13H2,1-3H3. The number of aryl methyl sites for hydroxylation is 2. The molecule has 0 aliphatic heterocycles. The van der Waals surface area contributed by atoms with Crippen molar-refractivity contribution in [2.24, 2.45) is 5.73 Å². The maximum absolute atomic E-state index is 5.70. The molecule has 0 radical (unpaired) electrons. The smallest absolute Gasteiger partial charge is 0.0634 e. The zero-order valence-corrected chi connectivity index (χ0v) is 10.0. The molecule has 1 fully saturated rings.